The molecule has 0 saturated carbocycles. The van der Waals surface area contributed by atoms with E-state index in [9.17, 15) is 9.59 Å². The van der Waals surface area contributed by atoms with Gasteiger partial charge < -0.3 is 14.2 Å². The molecule has 0 aliphatic carbocycles. The van der Waals surface area contributed by atoms with Gasteiger partial charge in [0, 0.05) is 0 Å². The zero-order valence-corrected chi connectivity index (χ0v) is 17.4. The molecule has 0 radical (unpaired) electrons. The maximum Gasteiger partial charge on any atom is 0.343 e. The Balaban J connectivity index is 1.63. The van der Waals surface area contributed by atoms with Gasteiger partial charge in [0.05, 0.1) is 24.8 Å². The fraction of sp³-hybridized carbons (Fsp3) is 0.280. The molecule has 5 nitrogen and oxygen atoms in total. The van der Waals surface area contributed by atoms with Crippen LogP contribution in [0, 0.1) is 0 Å². The van der Waals surface area contributed by atoms with Gasteiger partial charge in [-0.3, -0.25) is 0 Å². The highest BCUT2D eigenvalue weighted by molar-refractivity contribution is 5.97. The standard InChI is InChI=1S/C25H26O5/c1-3-4-5-6-15-29-23-14-11-19-16-21(8-7-20(19)17-23)25(27)30-22-12-9-18(10-13-22)24(26)28-2/h7-14,16-17H,3-6,15H2,1-2H3. The summed E-state index contributed by atoms with van der Waals surface area (Å²) in [6, 6.07) is 17.5. The number of esters is 2. The van der Waals surface area contributed by atoms with Crippen LogP contribution in [0.5, 0.6) is 11.5 Å². The molecule has 30 heavy (non-hydrogen) atoms. The molecule has 0 aliphatic heterocycles. The van der Waals surface area contributed by atoms with Gasteiger partial charge in [-0.25, -0.2) is 9.59 Å². The predicted octanol–water partition coefficient (Wildman–Crippen LogP) is 5.80. The van der Waals surface area contributed by atoms with E-state index in [2.05, 4.69) is 11.7 Å². The highest BCUT2D eigenvalue weighted by Gasteiger charge is 2.11. The Morgan fingerprint density at radius 1 is 0.733 bits per heavy atom. The van der Waals surface area contributed by atoms with Crippen molar-refractivity contribution in [1.29, 1.82) is 0 Å². The van der Waals surface area contributed by atoms with E-state index in [0.29, 0.717) is 23.5 Å². The lowest BCUT2D eigenvalue weighted by atomic mass is 10.1. The quantitative estimate of drug-likeness (QED) is 0.255. The van der Waals surface area contributed by atoms with Gasteiger partial charge >= 0.3 is 11.9 Å². The largest absolute Gasteiger partial charge is 0.494 e. The fourth-order valence-corrected chi connectivity index (χ4v) is 3.10. The van der Waals surface area contributed by atoms with Gasteiger partial charge in [0.2, 0.25) is 0 Å². The van der Waals surface area contributed by atoms with Crippen LogP contribution in [0.15, 0.2) is 60.7 Å². The molecule has 0 N–H and O–H groups in total. The minimum atomic E-state index is -0.459. The minimum absolute atomic E-state index is 0.361. The van der Waals surface area contributed by atoms with E-state index >= 15 is 0 Å². The fourth-order valence-electron chi connectivity index (χ4n) is 3.10. The summed E-state index contributed by atoms with van der Waals surface area (Å²) in [6.45, 7) is 2.90. The van der Waals surface area contributed by atoms with Gasteiger partial charge in [-0.1, -0.05) is 38.3 Å². The Morgan fingerprint density at radius 2 is 1.40 bits per heavy atom. The van der Waals surface area contributed by atoms with E-state index in [1.807, 2.05) is 24.3 Å². The molecule has 0 heterocycles. The molecular formula is C25H26O5. The second-order valence-electron chi connectivity index (χ2n) is 7.04. The molecule has 156 valence electrons. The lowest BCUT2D eigenvalue weighted by molar-refractivity contribution is 0.0600. The number of carbonyl (C=O) groups excluding carboxylic acids is 2. The van der Waals surface area contributed by atoms with Crippen molar-refractivity contribution < 1.29 is 23.8 Å². The topological polar surface area (TPSA) is 61.8 Å². The van der Waals surface area contributed by atoms with Crippen molar-refractivity contribution in [2.75, 3.05) is 13.7 Å². The molecule has 0 atom stereocenters. The van der Waals surface area contributed by atoms with Gasteiger partial charge in [0.1, 0.15) is 11.5 Å². The number of rotatable bonds is 9. The Hall–Kier alpha value is -3.34. The van der Waals surface area contributed by atoms with Crippen molar-refractivity contribution in [3.63, 3.8) is 0 Å². The summed E-state index contributed by atoms with van der Waals surface area (Å²) in [5, 5.41) is 1.93. The summed E-state index contributed by atoms with van der Waals surface area (Å²) in [7, 11) is 1.32. The summed E-state index contributed by atoms with van der Waals surface area (Å²) in [5.74, 6) is 0.297. The van der Waals surface area contributed by atoms with Crippen molar-refractivity contribution >= 4 is 22.7 Å². The first kappa shape index (κ1) is 21.4. The lowest BCUT2D eigenvalue weighted by Gasteiger charge is -2.09. The van der Waals surface area contributed by atoms with Gasteiger partial charge in [-0.2, -0.15) is 0 Å². The summed E-state index contributed by atoms with van der Waals surface area (Å²) in [6.07, 6.45) is 4.67. The van der Waals surface area contributed by atoms with Crippen LogP contribution < -0.4 is 9.47 Å². The average Bonchev–Trinajstić information content (AvgIpc) is 2.78. The van der Waals surface area contributed by atoms with E-state index in [0.717, 1.165) is 22.9 Å². The normalized spacial score (nSPS) is 10.6. The smallest absolute Gasteiger partial charge is 0.343 e. The van der Waals surface area contributed by atoms with Crippen molar-refractivity contribution in [3.05, 3.63) is 71.8 Å². The third-order valence-electron chi connectivity index (χ3n) is 4.80. The van der Waals surface area contributed by atoms with Gasteiger partial charge in [-0.15, -0.1) is 0 Å². The Kier molecular flexibility index (Phi) is 7.44. The molecular weight excluding hydrogens is 380 g/mol. The zero-order chi connectivity index (χ0) is 21.3. The number of unbranched alkanes of at least 4 members (excludes halogenated alkanes) is 3. The molecule has 0 spiro atoms. The van der Waals surface area contributed by atoms with Gasteiger partial charge in [0.15, 0.2) is 0 Å². The molecule has 5 heteroatoms. The Morgan fingerprint density at radius 3 is 2.13 bits per heavy atom. The number of fused-ring (bicyclic) bond motifs is 1. The maximum absolute atomic E-state index is 12.5. The van der Waals surface area contributed by atoms with Crippen LogP contribution >= 0.6 is 0 Å². The summed E-state index contributed by atoms with van der Waals surface area (Å²) in [4.78, 5) is 24.0. The van der Waals surface area contributed by atoms with Crippen LogP contribution in [0.1, 0.15) is 53.3 Å². The van der Waals surface area contributed by atoms with Crippen LogP contribution in [0.4, 0.5) is 0 Å². The highest BCUT2D eigenvalue weighted by atomic mass is 16.5. The molecule has 3 aromatic rings. The number of hydrogen-bond donors (Lipinski definition) is 0. The van der Waals surface area contributed by atoms with Crippen LogP contribution in [-0.2, 0) is 4.74 Å². The van der Waals surface area contributed by atoms with E-state index < -0.39 is 11.9 Å². The Bertz CT molecular complexity index is 1010. The first-order valence-electron chi connectivity index (χ1n) is 10.2. The van der Waals surface area contributed by atoms with Crippen LogP contribution in [-0.4, -0.2) is 25.7 Å². The summed E-state index contributed by atoms with van der Waals surface area (Å²) in [5.41, 5.74) is 0.846. The van der Waals surface area contributed by atoms with E-state index in [4.69, 9.17) is 9.47 Å². The molecule has 0 fully saturated rings. The molecule has 0 aliphatic rings. The number of benzene rings is 3. The van der Waals surface area contributed by atoms with Crippen LogP contribution in [0.2, 0.25) is 0 Å². The lowest BCUT2D eigenvalue weighted by Crippen LogP contribution is -2.08. The molecule has 0 amide bonds. The second-order valence-corrected chi connectivity index (χ2v) is 7.04. The third kappa shape index (κ3) is 5.60. The Labute approximate surface area is 176 Å². The number of hydrogen-bond acceptors (Lipinski definition) is 5. The van der Waals surface area contributed by atoms with Crippen LogP contribution in [0.25, 0.3) is 10.8 Å². The first-order chi connectivity index (χ1) is 14.6. The number of carbonyl (C=O) groups is 2. The molecule has 3 aromatic carbocycles. The van der Waals surface area contributed by atoms with Gasteiger partial charge in [0.25, 0.3) is 0 Å². The van der Waals surface area contributed by atoms with E-state index in [1.54, 1.807) is 36.4 Å². The summed E-state index contributed by atoms with van der Waals surface area (Å²) < 4.78 is 15.9. The number of ether oxygens (including phenoxy) is 3. The zero-order valence-electron chi connectivity index (χ0n) is 17.4. The molecule has 0 unspecified atom stereocenters. The highest BCUT2D eigenvalue weighted by Crippen LogP contribution is 2.23. The molecule has 0 saturated heterocycles. The third-order valence-corrected chi connectivity index (χ3v) is 4.80. The molecule has 0 aromatic heterocycles. The monoisotopic (exact) mass is 406 g/mol. The van der Waals surface area contributed by atoms with E-state index in [1.165, 1.54) is 26.4 Å². The van der Waals surface area contributed by atoms with Crippen molar-refractivity contribution in [2.24, 2.45) is 0 Å². The maximum atomic E-state index is 12.5. The predicted molar refractivity (Wildman–Crippen MR) is 116 cm³/mol. The van der Waals surface area contributed by atoms with Crippen molar-refractivity contribution in [1.82, 2.24) is 0 Å². The van der Waals surface area contributed by atoms with Crippen molar-refractivity contribution in [3.8, 4) is 11.5 Å². The van der Waals surface area contributed by atoms with E-state index in [-0.39, 0.29) is 0 Å². The van der Waals surface area contributed by atoms with Crippen LogP contribution in [0.3, 0.4) is 0 Å². The number of methoxy groups -OCH3 is 1. The van der Waals surface area contributed by atoms with Crippen molar-refractivity contribution in [2.45, 2.75) is 32.6 Å². The first-order valence-corrected chi connectivity index (χ1v) is 10.2. The summed E-state index contributed by atoms with van der Waals surface area (Å²) >= 11 is 0. The minimum Gasteiger partial charge on any atom is -0.494 e. The SMILES string of the molecule is CCCCCCOc1ccc2cc(C(=O)Oc3ccc(C(=O)OC)cc3)ccc2c1. The molecule has 3 rings (SSSR count). The van der Waals surface area contributed by atoms with Gasteiger partial charge in [-0.05, 0) is 65.7 Å². The average molecular weight is 406 g/mol. The molecule has 0 bridgehead atoms. The second kappa shape index (κ2) is 10.4.